The van der Waals surface area contributed by atoms with Crippen molar-refractivity contribution in [1.82, 2.24) is 0 Å². The highest BCUT2D eigenvalue weighted by Crippen LogP contribution is 2.71. The average Bonchev–Trinajstić information content (AvgIpc) is 2.48. The molecular weight excluding hydrogens is 206 g/mol. The zero-order valence-corrected chi connectivity index (χ0v) is 11.7. The molecule has 0 spiro atoms. The summed E-state index contributed by atoms with van der Waals surface area (Å²) in [5.74, 6) is 3.47. The van der Waals surface area contributed by atoms with Crippen LogP contribution in [0.25, 0.3) is 4.85 Å². The number of hydrogen-bond donors (Lipinski definition) is 0. The molecule has 4 fully saturated rings. The first-order valence-corrected chi connectivity index (χ1v) is 7.29. The van der Waals surface area contributed by atoms with Gasteiger partial charge in [-0.25, -0.2) is 6.57 Å². The van der Waals surface area contributed by atoms with E-state index < -0.39 is 0 Å². The highest BCUT2D eigenvalue weighted by molar-refractivity contribution is 5.20. The Morgan fingerprint density at radius 3 is 2.53 bits per heavy atom. The Kier molecular flexibility index (Phi) is 2.23. The first kappa shape index (κ1) is 11.6. The van der Waals surface area contributed by atoms with Gasteiger partial charge < -0.3 is 4.85 Å². The predicted molar refractivity (Wildman–Crippen MR) is 70.4 cm³/mol. The SMILES string of the molecule is [C-]#[N+]C1[C@]2(C)CC[C@H]3[C@@H](C2)[C@@H](C(C)C)C[C@@]13C. The molecule has 0 aromatic carbocycles. The molecule has 1 heteroatoms. The molecule has 6 atom stereocenters. The summed E-state index contributed by atoms with van der Waals surface area (Å²) >= 11 is 0. The minimum absolute atomic E-state index is 0.300. The molecule has 4 bridgehead atoms. The molecule has 4 saturated carbocycles. The van der Waals surface area contributed by atoms with Crippen LogP contribution in [0.4, 0.5) is 0 Å². The smallest absolute Gasteiger partial charge is 0.234 e. The van der Waals surface area contributed by atoms with Crippen molar-refractivity contribution >= 4 is 0 Å². The molecule has 0 saturated heterocycles. The summed E-state index contributed by atoms with van der Waals surface area (Å²) in [6.45, 7) is 17.3. The second kappa shape index (κ2) is 3.28. The average molecular weight is 231 g/mol. The first-order valence-electron chi connectivity index (χ1n) is 7.29. The maximum atomic E-state index is 7.65. The van der Waals surface area contributed by atoms with Gasteiger partial charge in [0.2, 0.25) is 6.04 Å². The zero-order valence-electron chi connectivity index (χ0n) is 11.7. The molecule has 94 valence electrons. The van der Waals surface area contributed by atoms with Gasteiger partial charge in [-0.1, -0.05) is 27.7 Å². The molecule has 1 unspecified atom stereocenters. The summed E-state index contributed by atoms with van der Waals surface area (Å²) in [5, 5.41) is 0. The van der Waals surface area contributed by atoms with Crippen molar-refractivity contribution < 1.29 is 0 Å². The van der Waals surface area contributed by atoms with Gasteiger partial charge in [0, 0.05) is 10.8 Å². The zero-order chi connectivity index (χ0) is 12.4. The van der Waals surface area contributed by atoms with Gasteiger partial charge in [-0.2, -0.15) is 0 Å². The van der Waals surface area contributed by atoms with E-state index in [2.05, 4.69) is 32.5 Å². The van der Waals surface area contributed by atoms with Crippen molar-refractivity contribution in [2.24, 2.45) is 34.5 Å². The third kappa shape index (κ3) is 1.25. The van der Waals surface area contributed by atoms with E-state index in [0.29, 0.717) is 16.9 Å². The van der Waals surface area contributed by atoms with E-state index in [4.69, 9.17) is 6.57 Å². The Hall–Kier alpha value is -0.510. The highest BCUT2D eigenvalue weighted by Gasteiger charge is 2.70. The van der Waals surface area contributed by atoms with E-state index in [0.717, 1.165) is 23.7 Å². The van der Waals surface area contributed by atoms with E-state index in [9.17, 15) is 0 Å². The Morgan fingerprint density at radius 1 is 1.24 bits per heavy atom. The van der Waals surface area contributed by atoms with E-state index in [1.807, 2.05) is 0 Å². The van der Waals surface area contributed by atoms with Crippen molar-refractivity contribution in [2.45, 2.75) is 59.4 Å². The minimum atomic E-state index is 0.300. The minimum Gasteiger partial charge on any atom is -0.312 e. The molecule has 0 aromatic rings. The topological polar surface area (TPSA) is 4.36 Å². The van der Waals surface area contributed by atoms with Gasteiger partial charge in [0.15, 0.2) is 0 Å². The number of hydrogen-bond acceptors (Lipinski definition) is 0. The van der Waals surface area contributed by atoms with Crippen LogP contribution in [-0.4, -0.2) is 6.04 Å². The lowest BCUT2D eigenvalue weighted by Crippen LogP contribution is -2.55. The monoisotopic (exact) mass is 231 g/mol. The molecule has 17 heavy (non-hydrogen) atoms. The Labute approximate surface area is 106 Å². The van der Waals surface area contributed by atoms with Crippen LogP contribution < -0.4 is 0 Å². The molecule has 0 N–H and O–H groups in total. The van der Waals surface area contributed by atoms with E-state index >= 15 is 0 Å². The molecule has 0 radical (unpaired) electrons. The lowest BCUT2D eigenvalue weighted by molar-refractivity contribution is -0.0521. The molecule has 0 aromatic heterocycles. The van der Waals surface area contributed by atoms with Crippen molar-refractivity contribution in [3.63, 3.8) is 0 Å². The summed E-state index contributed by atoms with van der Waals surface area (Å²) in [5.41, 5.74) is 0.673. The van der Waals surface area contributed by atoms with Gasteiger partial charge in [-0.3, -0.25) is 0 Å². The number of nitrogens with zero attached hydrogens (tertiary/aromatic N) is 1. The van der Waals surface area contributed by atoms with Crippen molar-refractivity contribution in [2.75, 3.05) is 0 Å². The Balaban J connectivity index is 2.05. The fourth-order valence-electron chi connectivity index (χ4n) is 5.95. The second-order valence-electron chi connectivity index (χ2n) is 7.82. The summed E-state index contributed by atoms with van der Waals surface area (Å²) in [6.07, 6.45) is 5.36. The molecule has 0 amide bonds. The van der Waals surface area contributed by atoms with Crippen LogP contribution >= 0.6 is 0 Å². The lowest BCUT2D eigenvalue weighted by Gasteiger charge is -2.54. The molecular formula is C16H25N. The fraction of sp³-hybridized carbons (Fsp3) is 0.938. The molecule has 1 nitrogen and oxygen atoms in total. The maximum Gasteiger partial charge on any atom is 0.234 e. The van der Waals surface area contributed by atoms with E-state index in [1.54, 1.807) is 0 Å². The Morgan fingerprint density at radius 2 is 1.94 bits per heavy atom. The molecule has 4 aliphatic carbocycles. The Bertz CT molecular complexity index is 379. The van der Waals surface area contributed by atoms with Crippen LogP contribution in [0.5, 0.6) is 0 Å². The summed E-state index contributed by atoms with van der Waals surface area (Å²) in [6, 6.07) is 0.300. The van der Waals surface area contributed by atoms with Crippen molar-refractivity contribution in [3.8, 4) is 0 Å². The third-order valence-corrected chi connectivity index (χ3v) is 6.59. The highest BCUT2D eigenvalue weighted by atomic mass is 14.9. The van der Waals surface area contributed by atoms with Crippen LogP contribution in [0.2, 0.25) is 0 Å². The maximum absolute atomic E-state index is 7.65. The lowest BCUT2D eigenvalue weighted by atomic mass is 9.48. The number of fused-ring (bicyclic) bond motifs is 1. The summed E-state index contributed by atoms with van der Waals surface area (Å²) < 4.78 is 0. The first-order chi connectivity index (χ1) is 7.92. The quantitative estimate of drug-likeness (QED) is 0.589. The number of rotatable bonds is 1. The third-order valence-electron chi connectivity index (χ3n) is 6.59. The molecule has 4 aliphatic rings. The summed E-state index contributed by atoms with van der Waals surface area (Å²) in [4.78, 5) is 4.10. The van der Waals surface area contributed by atoms with Crippen LogP contribution in [0.3, 0.4) is 0 Å². The van der Waals surface area contributed by atoms with Crippen molar-refractivity contribution in [3.05, 3.63) is 11.4 Å². The summed E-state index contributed by atoms with van der Waals surface area (Å²) in [7, 11) is 0. The van der Waals surface area contributed by atoms with Gasteiger partial charge in [0.25, 0.3) is 0 Å². The van der Waals surface area contributed by atoms with Crippen LogP contribution in [0, 0.1) is 41.1 Å². The van der Waals surface area contributed by atoms with E-state index in [-0.39, 0.29) is 0 Å². The van der Waals surface area contributed by atoms with Gasteiger partial charge >= 0.3 is 0 Å². The van der Waals surface area contributed by atoms with Crippen LogP contribution in [-0.2, 0) is 0 Å². The van der Waals surface area contributed by atoms with Gasteiger partial charge in [0.05, 0.1) is 0 Å². The van der Waals surface area contributed by atoms with Gasteiger partial charge in [0.1, 0.15) is 0 Å². The van der Waals surface area contributed by atoms with Gasteiger partial charge in [-0.05, 0) is 49.4 Å². The molecule has 0 heterocycles. The van der Waals surface area contributed by atoms with Crippen LogP contribution in [0.1, 0.15) is 53.4 Å². The second-order valence-corrected chi connectivity index (χ2v) is 7.82. The standard InChI is InChI=1S/C16H25N/c1-10(2)11-9-16(4)13-6-7-15(3,8-12(11)13)14(16)17-5/h10-14H,6-9H2,1-4H3/t11-,12+,13+,14?,15-,16-/m1/s1. The van der Waals surface area contributed by atoms with Crippen LogP contribution in [0.15, 0.2) is 0 Å². The largest absolute Gasteiger partial charge is 0.312 e. The fourth-order valence-corrected chi connectivity index (χ4v) is 5.95. The van der Waals surface area contributed by atoms with Crippen molar-refractivity contribution in [1.29, 1.82) is 0 Å². The van der Waals surface area contributed by atoms with E-state index in [1.165, 1.54) is 25.7 Å². The van der Waals surface area contributed by atoms with Gasteiger partial charge in [-0.15, -0.1) is 0 Å². The predicted octanol–water partition coefficient (Wildman–Crippen LogP) is 4.39. The molecule has 4 rings (SSSR count). The normalized spacial score (nSPS) is 56.2. The molecule has 0 aliphatic heterocycles.